The quantitative estimate of drug-likeness (QED) is 0.839. The van der Waals surface area contributed by atoms with Gasteiger partial charge in [-0.25, -0.2) is 0 Å². The second kappa shape index (κ2) is 7.22. The molecule has 100 valence electrons. The number of nitrogens with one attached hydrogen (secondary N) is 1. The van der Waals surface area contributed by atoms with Gasteiger partial charge in [0.05, 0.1) is 0 Å². The van der Waals surface area contributed by atoms with Gasteiger partial charge in [-0.15, -0.1) is 12.4 Å². The number of rotatable bonds is 4. The molecule has 0 spiro atoms. The molecule has 1 aliphatic heterocycles. The van der Waals surface area contributed by atoms with Gasteiger partial charge in [0.2, 0.25) is 5.91 Å². The third kappa shape index (κ3) is 4.14. The minimum atomic E-state index is 0. The summed E-state index contributed by atoms with van der Waals surface area (Å²) in [4.78, 5) is 14.1. The summed E-state index contributed by atoms with van der Waals surface area (Å²) in [6.07, 6.45) is 7.07. The number of nitrogens with zero attached hydrogens (tertiary/aromatic N) is 1. The van der Waals surface area contributed by atoms with Crippen molar-refractivity contribution < 1.29 is 4.79 Å². The summed E-state index contributed by atoms with van der Waals surface area (Å²) >= 11 is 0. The SMILES string of the molecule is CNCC1CCN(C(=O)CC2CCC2)CC1.Cl. The molecule has 1 saturated heterocycles. The van der Waals surface area contributed by atoms with Crippen molar-refractivity contribution in [3.63, 3.8) is 0 Å². The van der Waals surface area contributed by atoms with Gasteiger partial charge in [0.25, 0.3) is 0 Å². The average molecular weight is 261 g/mol. The zero-order valence-corrected chi connectivity index (χ0v) is 11.6. The molecule has 17 heavy (non-hydrogen) atoms. The fourth-order valence-corrected chi connectivity index (χ4v) is 2.75. The Bertz CT molecular complexity index is 236. The van der Waals surface area contributed by atoms with Crippen LogP contribution in [0.15, 0.2) is 0 Å². The summed E-state index contributed by atoms with van der Waals surface area (Å²) in [5.41, 5.74) is 0. The van der Waals surface area contributed by atoms with Crippen LogP contribution in [0, 0.1) is 11.8 Å². The topological polar surface area (TPSA) is 32.3 Å². The molecule has 2 fully saturated rings. The maximum atomic E-state index is 12.0. The smallest absolute Gasteiger partial charge is 0.222 e. The molecule has 0 aromatic carbocycles. The molecule has 0 radical (unpaired) electrons. The predicted octanol–water partition coefficient (Wildman–Crippen LogP) is 2.06. The van der Waals surface area contributed by atoms with Crippen LogP contribution in [0.1, 0.15) is 38.5 Å². The number of amides is 1. The molecule has 1 saturated carbocycles. The fourth-order valence-electron chi connectivity index (χ4n) is 2.75. The van der Waals surface area contributed by atoms with E-state index in [1.54, 1.807) is 0 Å². The largest absolute Gasteiger partial charge is 0.343 e. The van der Waals surface area contributed by atoms with Crippen molar-refractivity contribution in [3.05, 3.63) is 0 Å². The first kappa shape index (κ1) is 14.8. The predicted molar refractivity (Wildman–Crippen MR) is 72.4 cm³/mol. The Morgan fingerprint density at radius 3 is 2.29 bits per heavy atom. The minimum absolute atomic E-state index is 0. The fraction of sp³-hybridized carbons (Fsp3) is 0.923. The molecular formula is C13H25ClN2O. The molecule has 0 atom stereocenters. The number of piperidine rings is 1. The van der Waals surface area contributed by atoms with E-state index in [2.05, 4.69) is 10.2 Å². The summed E-state index contributed by atoms with van der Waals surface area (Å²) in [6, 6.07) is 0. The highest BCUT2D eigenvalue weighted by Crippen LogP contribution is 2.30. The van der Waals surface area contributed by atoms with E-state index >= 15 is 0 Å². The van der Waals surface area contributed by atoms with Crippen LogP contribution in [0.4, 0.5) is 0 Å². The van der Waals surface area contributed by atoms with Gasteiger partial charge in [0.1, 0.15) is 0 Å². The van der Waals surface area contributed by atoms with E-state index in [1.165, 1.54) is 32.1 Å². The Morgan fingerprint density at radius 1 is 1.18 bits per heavy atom. The van der Waals surface area contributed by atoms with Crippen LogP contribution in [0.5, 0.6) is 0 Å². The van der Waals surface area contributed by atoms with E-state index in [4.69, 9.17) is 0 Å². The second-order valence-corrected chi connectivity index (χ2v) is 5.38. The number of halogens is 1. The maximum absolute atomic E-state index is 12.0. The van der Waals surface area contributed by atoms with E-state index in [0.29, 0.717) is 11.8 Å². The van der Waals surface area contributed by atoms with E-state index in [0.717, 1.165) is 32.0 Å². The zero-order valence-electron chi connectivity index (χ0n) is 10.8. The molecule has 3 nitrogen and oxygen atoms in total. The number of likely N-dealkylation sites (tertiary alicyclic amines) is 1. The van der Waals surface area contributed by atoms with Crippen LogP contribution >= 0.6 is 12.4 Å². The van der Waals surface area contributed by atoms with Crippen molar-refractivity contribution in [3.8, 4) is 0 Å². The van der Waals surface area contributed by atoms with Crippen molar-refractivity contribution >= 4 is 18.3 Å². The Balaban J connectivity index is 0.00000144. The van der Waals surface area contributed by atoms with Gasteiger partial charge in [-0.3, -0.25) is 4.79 Å². The molecule has 4 heteroatoms. The lowest BCUT2D eigenvalue weighted by Crippen LogP contribution is -2.41. The van der Waals surface area contributed by atoms with E-state index in [9.17, 15) is 4.79 Å². The third-order valence-electron chi connectivity index (χ3n) is 4.15. The summed E-state index contributed by atoms with van der Waals surface area (Å²) in [6.45, 7) is 3.07. The molecule has 1 heterocycles. The Hall–Kier alpha value is -0.280. The van der Waals surface area contributed by atoms with Gasteiger partial charge in [-0.05, 0) is 51.1 Å². The number of carbonyl (C=O) groups is 1. The van der Waals surface area contributed by atoms with Crippen molar-refractivity contribution in [2.45, 2.75) is 38.5 Å². The third-order valence-corrected chi connectivity index (χ3v) is 4.15. The van der Waals surface area contributed by atoms with Gasteiger partial charge in [0, 0.05) is 19.5 Å². The highest BCUT2D eigenvalue weighted by atomic mass is 35.5. The second-order valence-electron chi connectivity index (χ2n) is 5.38. The van der Waals surface area contributed by atoms with Crippen LogP contribution in [-0.4, -0.2) is 37.5 Å². The molecule has 1 amide bonds. The first-order valence-electron chi connectivity index (χ1n) is 6.72. The van der Waals surface area contributed by atoms with E-state index < -0.39 is 0 Å². The average Bonchev–Trinajstić information content (AvgIpc) is 2.25. The summed E-state index contributed by atoms with van der Waals surface area (Å²) in [7, 11) is 2.01. The van der Waals surface area contributed by atoms with Crippen molar-refractivity contribution in [1.29, 1.82) is 0 Å². The number of carbonyl (C=O) groups excluding carboxylic acids is 1. The summed E-state index contributed by atoms with van der Waals surface area (Å²) < 4.78 is 0. The first-order chi connectivity index (χ1) is 7.79. The molecule has 2 rings (SSSR count). The van der Waals surface area contributed by atoms with Gasteiger partial charge in [0.15, 0.2) is 0 Å². The molecule has 0 aromatic rings. The van der Waals surface area contributed by atoms with Crippen LogP contribution in [0.3, 0.4) is 0 Å². The van der Waals surface area contributed by atoms with Crippen LogP contribution in [0.2, 0.25) is 0 Å². The van der Waals surface area contributed by atoms with Gasteiger partial charge < -0.3 is 10.2 Å². The van der Waals surface area contributed by atoms with Crippen molar-refractivity contribution in [2.75, 3.05) is 26.7 Å². The number of hydrogen-bond donors (Lipinski definition) is 1. The summed E-state index contributed by atoms with van der Waals surface area (Å²) in [5.74, 6) is 1.90. The molecule has 1 aliphatic carbocycles. The van der Waals surface area contributed by atoms with E-state index in [1.807, 2.05) is 7.05 Å². The highest BCUT2D eigenvalue weighted by molar-refractivity contribution is 5.85. The lowest BCUT2D eigenvalue weighted by Gasteiger charge is -2.34. The Morgan fingerprint density at radius 2 is 1.82 bits per heavy atom. The molecule has 0 unspecified atom stereocenters. The molecule has 0 bridgehead atoms. The van der Waals surface area contributed by atoms with Crippen LogP contribution < -0.4 is 5.32 Å². The monoisotopic (exact) mass is 260 g/mol. The molecule has 2 aliphatic rings. The summed E-state index contributed by atoms with van der Waals surface area (Å²) in [5, 5.41) is 3.23. The molecular weight excluding hydrogens is 236 g/mol. The van der Waals surface area contributed by atoms with Crippen molar-refractivity contribution in [2.24, 2.45) is 11.8 Å². The van der Waals surface area contributed by atoms with Crippen molar-refractivity contribution in [1.82, 2.24) is 10.2 Å². The van der Waals surface area contributed by atoms with E-state index in [-0.39, 0.29) is 12.4 Å². The molecule has 0 aromatic heterocycles. The van der Waals surface area contributed by atoms with Crippen LogP contribution in [0.25, 0.3) is 0 Å². The van der Waals surface area contributed by atoms with Crippen LogP contribution in [-0.2, 0) is 4.79 Å². The first-order valence-corrected chi connectivity index (χ1v) is 6.72. The Labute approximate surface area is 111 Å². The Kier molecular flexibility index (Phi) is 6.28. The lowest BCUT2D eigenvalue weighted by molar-refractivity contribution is -0.134. The lowest BCUT2D eigenvalue weighted by atomic mass is 9.82. The molecule has 1 N–H and O–H groups in total. The van der Waals surface area contributed by atoms with Gasteiger partial charge in [-0.1, -0.05) is 6.42 Å². The van der Waals surface area contributed by atoms with Gasteiger partial charge in [-0.2, -0.15) is 0 Å². The van der Waals surface area contributed by atoms with Gasteiger partial charge >= 0.3 is 0 Å². The maximum Gasteiger partial charge on any atom is 0.222 e. The zero-order chi connectivity index (χ0) is 11.4. The number of hydrogen-bond acceptors (Lipinski definition) is 2. The standard InChI is InChI=1S/C13H24N2O.ClH/c1-14-10-12-5-7-15(8-6-12)13(16)9-11-3-2-4-11;/h11-12,14H,2-10H2,1H3;1H. The highest BCUT2D eigenvalue weighted by Gasteiger charge is 2.26. The normalized spacial score (nSPS) is 21.8. The minimum Gasteiger partial charge on any atom is -0.343 e.